The lowest BCUT2D eigenvalue weighted by molar-refractivity contribution is 0.654. The second kappa shape index (κ2) is 10.8. The molecule has 1 heteroatoms. The van der Waals surface area contributed by atoms with Crippen molar-refractivity contribution in [2.75, 3.05) is 11.5 Å². The molecule has 0 unspecified atom stereocenters. The molecule has 5 aromatic rings. The van der Waals surface area contributed by atoms with Crippen LogP contribution in [0.25, 0.3) is 54.9 Å². The van der Waals surface area contributed by atoms with Crippen molar-refractivity contribution in [1.29, 1.82) is 0 Å². The molecule has 48 heavy (non-hydrogen) atoms. The van der Waals surface area contributed by atoms with E-state index >= 15 is 0 Å². The number of hydrogen-bond donors (Lipinski definition) is 0. The Bertz CT molecular complexity index is 2340. The van der Waals surface area contributed by atoms with E-state index < -0.39 is 10.0 Å². The molecule has 0 atom stereocenters. The predicted molar refractivity (Wildman–Crippen MR) is 212 cm³/mol. The summed E-state index contributed by atoms with van der Waals surface area (Å²) in [6, 6.07) is 31.0. The molecule has 1 saturated heterocycles. The van der Waals surface area contributed by atoms with Crippen LogP contribution < -0.4 is 0 Å². The molecule has 5 aromatic carbocycles. The van der Waals surface area contributed by atoms with Crippen LogP contribution in [0.2, 0.25) is 0 Å². The Morgan fingerprint density at radius 1 is 0.771 bits per heavy atom. The predicted octanol–water partition coefficient (Wildman–Crippen LogP) is 13.5. The number of benzene rings is 5. The van der Waals surface area contributed by atoms with Gasteiger partial charge in [-0.2, -0.15) is 10.0 Å². The molecule has 4 aliphatic rings. The summed E-state index contributed by atoms with van der Waals surface area (Å²) < 4.78 is 0. The summed E-state index contributed by atoms with van der Waals surface area (Å²) in [5.41, 5.74) is 15.0. The van der Waals surface area contributed by atoms with Gasteiger partial charge in [0.25, 0.3) is 0 Å². The van der Waals surface area contributed by atoms with Gasteiger partial charge in [-0.15, -0.1) is 0 Å². The monoisotopic (exact) mass is 640 g/mol. The summed E-state index contributed by atoms with van der Waals surface area (Å²) in [5.74, 6) is 2.75. The van der Waals surface area contributed by atoms with Crippen LogP contribution in [0, 0.1) is 6.92 Å². The highest BCUT2D eigenvalue weighted by Crippen LogP contribution is 2.74. The lowest BCUT2D eigenvalue weighted by atomic mass is 9.80. The minimum Gasteiger partial charge on any atom is -0.187 e. The van der Waals surface area contributed by atoms with Crippen LogP contribution in [-0.2, 0) is 5.41 Å². The Morgan fingerprint density at radius 2 is 1.46 bits per heavy atom. The van der Waals surface area contributed by atoms with E-state index in [9.17, 15) is 0 Å². The zero-order valence-electron chi connectivity index (χ0n) is 28.8. The summed E-state index contributed by atoms with van der Waals surface area (Å²) in [7, 11) is -0.868. The second-order valence-electron chi connectivity index (χ2n) is 14.8. The Hall–Kier alpha value is -4.33. The number of rotatable bonds is 4. The van der Waals surface area contributed by atoms with Gasteiger partial charge in [0.1, 0.15) is 0 Å². The average molecular weight is 641 g/mol. The second-order valence-corrected chi connectivity index (χ2v) is 18.2. The van der Waals surface area contributed by atoms with Crippen molar-refractivity contribution >= 4 is 42.7 Å². The summed E-state index contributed by atoms with van der Waals surface area (Å²) in [6.45, 7) is 13.3. The van der Waals surface area contributed by atoms with Crippen molar-refractivity contribution in [3.63, 3.8) is 0 Å². The van der Waals surface area contributed by atoms with Crippen molar-refractivity contribution in [3.05, 3.63) is 149 Å². The van der Waals surface area contributed by atoms with E-state index in [2.05, 4.69) is 144 Å². The van der Waals surface area contributed by atoms with Gasteiger partial charge in [0.2, 0.25) is 0 Å². The molecule has 0 amide bonds. The molecule has 2 aliphatic heterocycles. The van der Waals surface area contributed by atoms with E-state index in [-0.39, 0.29) is 5.41 Å². The number of hydrogen-bond acceptors (Lipinski definition) is 0. The summed E-state index contributed by atoms with van der Waals surface area (Å²) in [6.07, 6.45) is 16.5. The third kappa shape index (κ3) is 4.04. The third-order valence-corrected chi connectivity index (χ3v) is 16.1. The Morgan fingerprint density at radius 3 is 2.19 bits per heavy atom. The van der Waals surface area contributed by atoms with Gasteiger partial charge >= 0.3 is 0 Å². The normalized spacial score (nSPS) is 19.5. The van der Waals surface area contributed by atoms with Crippen LogP contribution in [-0.4, -0.2) is 11.5 Å². The quantitative estimate of drug-likeness (QED) is 0.171. The van der Waals surface area contributed by atoms with Crippen LogP contribution in [0.15, 0.2) is 131 Å². The zero-order valence-corrected chi connectivity index (χ0v) is 29.6. The van der Waals surface area contributed by atoms with E-state index in [1.807, 2.05) is 0 Å². The first-order valence-corrected chi connectivity index (χ1v) is 19.8. The third-order valence-electron chi connectivity index (χ3n) is 11.8. The van der Waals surface area contributed by atoms with Gasteiger partial charge in [-0.3, -0.25) is 0 Å². The Balaban J connectivity index is 1.31. The number of allylic oxidation sites excluding steroid dienone is 8. The Kier molecular flexibility index (Phi) is 6.73. The largest absolute Gasteiger partial charge is 0.187 e. The van der Waals surface area contributed by atoms with Crippen molar-refractivity contribution in [3.8, 4) is 22.3 Å². The van der Waals surface area contributed by atoms with Crippen molar-refractivity contribution < 1.29 is 0 Å². The molecule has 9 rings (SSSR count). The molecule has 1 spiro atoms. The molecular formula is C47H44S. The maximum atomic E-state index is 4.27. The molecule has 238 valence electrons. The molecule has 0 N–H and O–H groups in total. The zero-order chi connectivity index (χ0) is 32.8. The highest BCUT2D eigenvalue weighted by molar-refractivity contribution is 8.37. The van der Waals surface area contributed by atoms with Crippen molar-refractivity contribution in [2.24, 2.45) is 0 Å². The fourth-order valence-corrected chi connectivity index (χ4v) is 14.3. The molecule has 0 radical (unpaired) electrons. The summed E-state index contributed by atoms with van der Waals surface area (Å²) in [5, 5.41) is 5.32. The van der Waals surface area contributed by atoms with Gasteiger partial charge in [-0.1, -0.05) is 117 Å². The first kappa shape index (κ1) is 29.8. The van der Waals surface area contributed by atoms with Gasteiger partial charge < -0.3 is 0 Å². The molecule has 0 saturated carbocycles. The maximum Gasteiger partial charge on any atom is 0.0158 e. The van der Waals surface area contributed by atoms with E-state index in [4.69, 9.17) is 0 Å². The maximum absolute atomic E-state index is 4.27. The molecule has 0 aromatic heterocycles. The van der Waals surface area contributed by atoms with Crippen LogP contribution in [0.3, 0.4) is 0 Å². The summed E-state index contributed by atoms with van der Waals surface area (Å²) >= 11 is 0. The van der Waals surface area contributed by atoms with Crippen molar-refractivity contribution in [2.45, 2.75) is 63.7 Å². The fraction of sp³-hybridized carbons (Fsp3) is 0.234. The lowest BCUT2D eigenvalue weighted by Crippen LogP contribution is -2.16. The van der Waals surface area contributed by atoms with Crippen LogP contribution in [0.5, 0.6) is 0 Å². The molecule has 1 fully saturated rings. The summed E-state index contributed by atoms with van der Waals surface area (Å²) in [4.78, 5) is 3.38. The topological polar surface area (TPSA) is 0 Å². The first-order valence-electron chi connectivity index (χ1n) is 17.8. The van der Waals surface area contributed by atoms with E-state index in [1.54, 1.807) is 20.9 Å². The highest BCUT2D eigenvalue weighted by Gasteiger charge is 2.42. The smallest absolute Gasteiger partial charge is 0.0158 e. The number of aryl methyl sites for hydroxylation is 1. The van der Waals surface area contributed by atoms with Gasteiger partial charge in [-0.25, -0.2) is 0 Å². The van der Waals surface area contributed by atoms with Gasteiger partial charge in [0.05, 0.1) is 0 Å². The highest BCUT2D eigenvalue weighted by atomic mass is 32.3. The van der Waals surface area contributed by atoms with Gasteiger partial charge in [-0.05, 0) is 151 Å². The minimum absolute atomic E-state index is 0.0652. The molecular weight excluding hydrogens is 597 g/mol. The standard InChI is InChI=1S/C47H44S/c1-6-14-41-33(7-2)38-28-31(20-23-42(38)47(41,4)5)46-36-17-9-8-16-35(36)45(37-22-19-30(3)27-40(37)46)32-21-24-44-39(29-32)34-15-10-11-18-43(34)48(44)25-12-13-26-48/h6-9,11,14,16-24,27-29H,2,10,12-13,15,25-26H2,1,3-5H3/b14-6-. The average Bonchev–Trinajstić information content (AvgIpc) is 3.76. The first-order chi connectivity index (χ1) is 23.4. The van der Waals surface area contributed by atoms with Crippen molar-refractivity contribution in [1.82, 2.24) is 0 Å². The Labute approximate surface area is 287 Å². The molecule has 2 aliphatic carbocycles. The molecule has 2 heterocycles. The lowest BCUT2D eigenvalue weighted by Gasteiger charge is -2.35. The number of fused-ring (bicyclic) bond motifs is 7. The molecule has 0 nitrogen and oxygen atoms in total. The SMILES string of the molecule is C=CC1=C(/C=C\C)C(C)(C)c2ccc(-c3c4ccccc4c(-c4ccc5c(c4)C4=C(C=CCC4)S54CCCC4)c4ccc(C)cc34)cc21. The van der Waals surface area contributed by atoms with Gasteiger partial charge in [0, 0.05) is 10.3 Å². The van der Waals surface area contributed by atoms with Crippen LogP contribution >= 0.6 is 10.0 Å². The fourth-order valence-electron chi connectivity index (χ4n) is 9.59. The molecule has 0 bridgehead atoms. The van der Waals surface area contributed by atoms with Crippen LogP contribution in [0.4, 0.5) is 0 Å². The minimum atomic E-state index is -0.868. The van der Waals surface area contributed by atoms with E-state index in [1.165, 1.54) is 102 Å². The van der Waals surface area contributed by atoms with E-state index in [0.717, 1.165) is 6.42 Å². The van der Waals surface area contributed by atoms with Crippen LogP contribution in [0.1, 0.15) is 68.7 Å². The van der Waals surface area contributed by atoms with Gasteiger partial charge in [0.15, 0.2) is 0 Å². The van der Waals surface area contributed by atoms with E-state index in [0.29, 0.717) is 0 Å².